The average molecular weight is 580 g/mol. The Kier molecular flexibility index (Phi) is 7.37. The standard InChI is InChI=1S/C44H37N/c1-3-11-32(12-4-1)35-21-25-41(26-22-35)45(42-27-23-36(24-28-42)33-13-5-2-6-14-33)44-31-39-18-10-9-17-38(39)30-43(44)40-20-19-34-15-7-8-16-37(34)29-40/h1,3-4,7-12,15-31,33H,2,5-6,13-14H2. The van der Waals surface area contributed by atoms with Crippen LogP contribution in [-0.4, -0.2) is 0 Å². The van der Waals surface area contributed by atoms with Crippen molar-refractivity contribution in [2.45, 2.75) is 38.0 Å². The van der Waals surface area contributed by atoms with E-state index >= 15 is 0 Å². The van der Waals surface area contributed by atoms with Crippen molar-refractivity contribution < 1.29 is 0 Å². The minimum Gasteiger partial charge on any atom is -0.310 e. The molecule has 7 aromatic rings. The summed E-state index contributed by atoms with van der Waals surface area (Å²) in [6, 6.07) is 58.1. The number of fused-ring (bicyclic) bond motifs is 2. The van der Waals surface area contributed by atoms with Crippen LogP contribution >= 0.6 is 0 Å². The van der Waals surface area contributed by atoms with Gasteiger partial charge in [0.25, 0.3) is 0 Å². The topological polar surface area (TPSA) is 3.24 Å². The fourth-order valence-electron chi connectivity index (χ4n) is 7.19. The lowest BCUT2D eigenvalue weighted by Crippen LogP contribution is -2.12. The van der Waals surface area contributed by atoms with Crippen molar-refractivity contribution in [2.24, 2.45) is 0 Å². The van der Waals surface area contributed by atoms with Gasteiger partial charge in [0, 0.05) is 16.9 Å². The van der Waals surface area contributed by atoms with Gasteiger partial charge >= 0.3 is 0 Å². The molecule has 1 saturated carbocycles. The van der Waals surface area contributed by atoms with Gasteiger partial charge in [-0.3, -0.25) is 0 Å². The fourth-order valence-corrected chi connectivity index (χ4v) is 7.19. The van der Waals surface area contributed by atoms with Gasteiger partial charge in [-0.15, -0.1) is 0 Å². The SMILES string of the molecule is c1ccc(-c2ccc(N(c3ccc(C4CCCCC4)cc3)c3cc4ccccc4cc3-c3ccc4ccccc4c3)cc2)cc1. The van der Waals surface area contributed by atoms with E-state index in [1.807, 2.05) is 0 Å². The van der Waals surface area contributed by atoms with Gasteiger partial charge in [0.05, 0.1) is 5.69 Å². The third kappa shape index (κ3) is 5.51. The molecule has 0 heterocycles. The van der Waals surface area contributed by atoms with Gasteiger partial charge in [0.15, 0.2) is 0 Å². The number of nitrogens with zero attached hydrogens (tertiary/aromatic N) is 1. The van der Waals surface area contributed by atoms with Gasteiger partial charge in [-0.25, -0.2) is 0 Å². The molecule has 0 atom stereocenters. The summed E-state index contributed by atoms with van der Waals surface area (Å²) in [7, 11) is 0. The van der Waals surface area contributed by atoms with E-state index in [0.717, 1.165) is 5.69 Å². The Labute approximate surface area is 266 Å². The lowest BCUT2D eigenvalue weighted by atomic mass is 9.84. The molecule has 0 aromatic heterocycles. The second-order valence-corrected chi connectivity index (χ2v) is 12.5. The van der Waals surface area contributed by atoms with E-state index in [1.54, 1.807) is 0 Å². The maximum Gasteiger partial charge on any atom is 0.0546 e. The first-order valence-corrected chi connectivity index (χ1v) is 16.4. The number of hydrogen-bond donors (Lipinski definition) is 0. The molecule has 7 aromatic carbocycles. The Morgan fingerprint density at radius 3 is 1.62 bits per heavy atom. The maximum absolute atomic E-state index is 2.45. The summed E-state index contributed by atoms with van der Waals surface area (Å²) in [5.41, 5.74) is 9.89. The smallest absolute Gasteiger partial charge is 0.0546 e. The molecule has 0 spiro atoms. The molecular formula is C44H37N. The monoisotopic (exact) mass is 579 g/mol. The van der Waals surface area contributed by atoms with E-state index in [-0.39, 0.29) is 0 Å². The van der Waals surface area contributed by atoms with Gasteiger partial charge in [-0.1, -0.05) is 135 Å². The molecule has 218 valence electrons. The molecule has 0 saturated heterocycles. The fraction of sp³-hybridized carbons (Fsp3) is 0.136. The van der Waals surface area contributed by atoms with Crippen molar-refractivity contribution in [3.8, 4) is 22.3 Å². The molecule has 0 unspecified atom stereocenters. The van der Waals surface area contributed by atoms with Crippen LogP contribution in [0.3, 0.4) is 0 Å². The lowest BCUT2D eigenvalue weighted by Gasteiger charge is -2.29. The van der Waals surface area contributed by atoms with Crippen LogP contribution < -0.4 is 4.90 Å². The van der Waals surface area contributed by atoms with E-state index in [0.29, 0.717) is 5.92 Å². The minimum absolute atomic E-state index is 0.681. The molecule has 0 amide bonds. The van der Waals surface area contributed by atoms with Gasteiger partial charge in [-0.2, -0.15) is 0 Å². The molecule has 0 aliphatic heterocycles. The minimum atomic E-state index is 0.681. The zero-order chi connectivity index (χ0) is 30.0. The van der Waals surface area contributed by atoms with Gasteiger partial charge in [0.1, 0.15) is 0 Å². The highest BCUT2D eigenvalue weighted by Crippen LogP contribution is 2.44. The maximum atomic E-state index is 2.45. The van der Waals surface area contributed by atoms with Crippen LogP contribution in [0.4, 0.5) is 17.1 Å². The molecule has 1 aliphatic carbocycles. The average Bonchev–Trinajstić information content (AvgIpc) is 3.12. The van der Waals surface area contributed by atoms with Crippen LogP contribution in [0.15, 0.2) is 158 Å². The Hall–Kier alpha value is -5.14. The molecule has 0 radical (unpaired) electrons. The highest BCUT2D eigenvalue weighted by atomic mass is 15.1. The normalized spacial score (nSPS) is 13.7. The van der Waals surface area contributed by atoms with E-state index in [1.165, 1.54) is 92.8 Å². The zero-order valence-corrected chi connectivity index (χ0v) is 25.6. The summed E-state index contributed by atoms with van der Waals surface area (Å²) >= 11 is 0. The molecule has 1 nitrogen and oxygen atoms in total. The van der Waals surface area contributed by atoms with Crippen LogP contribution in [0.5, 0.6) is 0 Å². The Morgan fingerprint density at radius 1 is 0.400 bits per heavy atom. The number of anilines is 3. The zero-order valence-electron chi connectivity index (χ0n) is 25.6. The quantitative estimate of drug-likeness (QED) is 0.189. The van der Waals surface area contributed by atoms with E-state index in [4.69, 9.17) is 0 Å². The van der Waals surface area contributed by atoms with Crippen LogP contribution in [0.2, 0.25) is 0 Å². The summed E-state index contributed by atoms with van der Waals surface area (Å²) in [6.07, 6.45) is 6.68. The summed E-state index contributed by atoms with van der Waals surface area (Å²) in [6.45, 7) is 0. The largest absolute Gasteiger partial charge is 0.310 e. The van der Waals surface area contributed by atoms with Crippen molar-refractivity contribution in [1.29, 1.82) is 0 Å². The van der Waals surface area contributed by atoms with Crippen molar-refractivity contribution in [3.05, 3.63) is 163 Å². The predicted octanol–water partition coefficient (Wildman–Crippen LogP) is 12.8. The molecule has 1 heteroatoms. The summed E-state index contributed by atoms with van der Waals surface area (Å²) in [5.74, 6) is 0.681. The predicted molar refractivity (Wildman–Crippen MR) is 193 cm³/mol. The first-order valence-electron chi connectivity index (χ1n) is 16.4. The molecule has 0 N–H and O–H groups in total. The summed E-state index contributed by atoms with van der Waals surface area (Å²) in [5, 5.41) is 5.00. The molecule has 1 aliphatic rings. The molecular weight excluding hydrogens is 542 g/mol. The van der Waals surface area contributed by atoms with Crippen molar-refractivity contribution in [2.75, 3.05) is 4.90 Å². The Morgan fingerprint density at radius 2 is 0.933 bits per heavy atom. The molecule has 45 heavy (non-hydrogen) atoms. The number of rotatable bonds is 6. The summed E-state index contributed by atoms with van der Waals surface area (Å²) < 4.78 is 0. The molecule has 1 fully saturated rings. The molecule has 8 rings (SSSR count). The van der Waals surface area contributed by atoms with Gasteiger partial charge in [-0.05, 0) is 105 Å². The van der Waals surface area contributed by atoms with E-state index in [2.05, 4.69) is 163 Å². The third-order valence-corrected chi connectivity index (χ3v) is 9.63. The van der Waals surface area contributed by atoms with Crippen molar-refractivity contribution in [3.63, 3.8) is 0 Å². The van der Waals surface area contributed by atoms with Gasteiger partial charge in [0.2, 0.25) is 0 Å². The number of benzene rings is 7. The second kappa shape index (κ2) is 12.1. The van der Waals surface area contributed by atoms with Crippen molar-refractivity contribution >= 4 is 38.6 Å². The lowest BCUT2D eigenvalue weighted by molar-refractivity contribution is 0.443. The second-order valence-electron chi connectivity index (χ2n) is 12.5. The molecule has 0 bridgehead atoms. The van der Waals surface area contributed by atoms with E-state index < -0.39 is 0 Å². The Balaban J connectivity index is 1.31. The van der Waals surface area contributed by atoms with Crippen molar-refractivity contribution in [1.82, 2.24) is 0 Å². The first-order chi connectivity index (χ1) is 22.3. The van der Waals surface area contributed by atoms with E-state index in [9.17, 15) is 0 Å². The van der Waals surface area contributed by atoms with Crippen LogP contribution in [0.1, 0.15) is 43.6 Å². The first kappa shape index (κ1) is 27.4. The highest BCUT2D eigenvalue weighted by molar-refractivity contribution is 6.00. The van der Waals surface area contributed by atoms with Crippen LogP contribution in [0, 0.1) is 0 Å². The van der Waals surface area contributed by atoms with Crippen LogP contribution in [0.25, 0.3) is 43.8 Å². The Bertz CT molecular complexity index is 2070. The summed E-state index contributed by atoms with van der Waals surface area (Å²) in [4.78, 5) is 2.45. The van der Waals surface area contributed by atoms with Crippen LogP contribution in [-0.2, 0) is 0 Å². The van der Waals surface area contributed by atoms with Gasteiger partial charge < -0.3 is 4.90 Å². The number of hydrogen-bond acceptors (Lipinski definition) is 1. The highest BCUT2D eigenvalue weighted by Gasteiger charge is 2.20. The third-order valence-electron chi connectivity index (χ3n) is 9.63.